The number of hydrogen-bond acceptors (Lipinski definition) is 4. The summed E-state index contributed by atoms with van der Waals surface area (Å²) < 4.78 is 0. The fraction of sp³-hybridized carbons (Fsp3) is 0.222. The van der Waals surface area contributed by atoms with Gasteiger partial charge in [0, 0.05) is 4.88 Å². The topological polar surface area (TPSA) is 65.2 Å². The highest BCUT2D eigenvalue weighted by Gasteiger charge is 2.00. The van der Waals surface area contributed by atoms with Crippen LogP contribution in [0.3, 0.4) is 0 Å². The fourth-order valence-corrected chi connectivity index (χ4v) is 1.47. The summed E-state index contributed by atoms with van der Waals surface area (Å²) in [4.78, 5) is 11.9. The van der Waals surface area contributed by atoms with E-state index in [1.807, 2.05) is 17.5 Å². The number of hydrogen-bond donors (Lipinski definition) is 1. The molecule has 5 heteroatoms. The van der Waals surface area contributed by atoms with Gasteiger partial charge in [-0.05, 0) is 18.4 Å². The highest BCUT2D eigenvalue weighted by Crippen LogP contribution is 2.08. The van der Waals surface area contributed by atoms with Crippen LogP contribution >= 0.6 is 11.3 Å². The third-order valence-corrected chi connectivity index (χ3v) is 2.44. The number of nitrogens with one attached hydrogen (secondary N) is 1. The number of rotatable bonds is 3. The number of amides is 1. The van der Waals surface area contributed by atoms with Gasteiger partial charge in [0.15, 0.2) is 0 Å². The van der Waals surface area contributed by atoms with Crippen molar-refractivity contribution in [2.45, 2.75) is 13.3 Å². The third-order valence-electron chi connectivity index (χ3n) is 1.47. The molecule has 1 amide bonds. The number of nitriles is 1. The predicted molar refractivity (Wildman–Crippen MR) is 54.9 cm³/mol. The maximum atomic E-state index is 10.9. The zero-order valence-corrected chi connectivity index (χ0v) is 8.47. The second kappa shape index (κ2) is 5.14. The van der Waals surface area contributed by atoms with Gasteiger partial charge in [-0.15, -0.1) is 11.3 Å². The molecule has 0 saturated heterocycles. The Bertz CT molecular complexity index is 375. The van der Waals surface area contributed by atoms with E-state index in [1.165, 1.54) is 0 Å². The molecule has 0 unspecified atom stereocenters. The summed E-state index contributed by atoms with van der Waals surface area (Å²) in [5, 5.41) is 14.0. The molecule has 72 valence electrons. The van der Waals surface area contributed by atoms with Crippen molar-refractivity contribution in [2.75, 3.05) is 0 Å². The lowest BCUT2D eigenvalue weighted by atomic mass is 10.3. The number of carbonyl (C=O) groups is 1. The van der Waals surface area contributed by atoms with Gasteiger partial charge < -0.3 is 0 Å². The summed E-state index contributed by atoms with van der Waals surface area (Å²) in [7, 11) is 0. The van der Waals surface area contributed by atoms with Crippen molar-refractivity contribution >= 4 is 23.0 Å². The van der Waals surface area contributed by atoms with Crippen molar-refractivity contribution in [3.8, 4) is 6.07 Å². The average Bonchev–Trinajstić information content (AvgIpc) is 2.67. The Labute approximate surface area is 85.9 Å². The molecule has 0 bridgehead atoms. The Hall–Kier alpha value is -1.67. The van der Waals surface area contributed by atoms with Gasteiger partial charge in [0.2, 0.25) is 0 Å². The Morgan fingerprint density at radius 1 is 1.79 bits per heavy atom. The first-order valence-electron chi connectivity index (χ1n) is 3.98. The molecule has 0 fully saturated rings. The lowest BCUT2D eigenvalue weighted by Crippen LogP contribution is -2.17. The van der Waals surface area contributed by atoms with Crippen LogP contribution in [-0.2, 0) is 4.79 Å². The fourth-order valence-electron chi connectivity index (χ4n) is 0.797. The van der Waals surface area contributed by atoms with Gasteiger partial charge >= 0.3 is 0 Å². The molecule has 0 saturated carbocycles. The molecular formula is C9H9N3OS. The second-order valence-electron chi connectivity index (χ2n) is 2.54. The summed E-state index contributed by atoms with van der Waals surface area (Å²) >= 11 is 1.55. The lowest BCUT2D eigenvalue weighted by Gasteiger charge is -1.97. The first-order chi connectivity index (χ1) is 6.74. The molecule has 1 aromatic heterocycles. The van der Waals surface area contributed by atoms with Crippen LogP contribution in [0, 0.1) is 11.3 Å². The van der Waals surface area contributed by atoms with Crippen LogP contribution < -0.4 is 5.43 Å². The first-order valence-corrected chi connectivity index (χ1v) is 4.86. The standard InChI is InChI=1S/C9H9N3OS/c1-7(8-3-2-6-14-8)11-12-9(13)4-5-10/h2-3,6H,4H2,1H3,(H,12,13)/b11-7+. The van der Waals surface area contributed by atoms with E-state index in [9.17, 15) is 4.79 Å². The molecule has 4 nitrogen and oxygen atoms in total. The monoisotopic (exact) mass is 207 g/mol. The Morgan fingerprint density at radius 3 is 3.14 bits per heavy atom. The van der Waals surface area contributed by atoms with Crippen molar-refractivity contribution in [1.82, 2.24) is 5.43 Å². The molecule has 0 radical (unpaired) electrons. The molecule has 1 heterocycles. The van der Waals surface area contributed by atoms with Crippen LogP contribution in [0.5, 0.6) is 0 Å². The van der Waals surface area contributed by atoms with Crippen LogP contribution in [0.15, 0.2) is 22.6 Å². The van der Waals surface area contributed by atoms with Gasteiger partial charge in [-0.25, -0.2) is 5.43 Å². The molecule has 0 aliphatic rings. The summed E-state index contributed by atoms with van der Waals surface area (Å²) in [5.74, 6) is -0.386. The largest absolute Gasteiger partial charge is 0.272 e. The molecule has 0 atom stereocenters. The van der Waals surface area contributed by atoms with E-state index in [1.54, 1.807) is 24.3 Å². The first kappa shape index (κ1) is 10.4. The number of hydrazone groups is 1. The van der Waals surface area contributed by atoms with E-state index in [0.717, 1.165) is 10.6 Å². The van der Waals surface area contributed by atoms with Gasteiger partial charge in [-0.3, -0.25) is 4.79 Å². The van der Waals surface area contributed by atoms with Crippen LogP contribution in [0.25, 0.3) is 0 Å². The van der Waals surface area contributed by atoms with Gasteiger partial charge in [-0.2, -0.15) is 10.4 Å². The Kier molecular flexibility index (Phi) is 3.83. The highest BCUT2D eigenvalue weighted by atomic mass is 32.1. The highest BCUT2D eigenvalue weighted by molar-refractivity contribution is 7.12. The van der Waals surface area contributed by atoms with Gasteiger partial charge in [0.25, 0.3) is 5.91 Å². The van der Waals surface area contributed by atoms with Crippen LogP contribution in [-0.4, -0.2) is 11.6 Å². The zero-order chi connectivity index (χ0) is 10.4. The molecule has 1 N–H and O–H groups in total. The molecule has 1 rings (SSSR count). The smallest absolute Gasteiger partial charge is 0.254 e. The van der Waals surface area contributed by atoms with Crippen LogP contribution in [0.4, 0.5) is 0 Å². The van der Waals surface area contributed by atoms with Crippen molar-refractivity contribution in [3.05, 3.63) is 22.4 Å². The van der Waals surface area contributed by atoms with E-state index in [2.05, 4.69) is 10.5 Å². The number of thiophene rings is 1. The average molecular weight is 207 g/mol. The minimum Gasteiger partial charge on any atom is -0.272 e. The lowest BCUT2D eigenvalue weighted by molar-refractivity contribution is -0.120. The van der Waals surface area contributed by atoms with Crippen molar-refractivity contribution in [1.29, 1.82) is 5.26 Å². The summed E-state index contributed by atoms with van der Waals surface area (Å²) in [6.45, 7) is 1.80. The normalized spacial score (nSPS) is 10.7. The Balaban J connectivity index is 2.54. The minimum atomic E-state index is -0.386. The van der Waals surface area contributed by atoms with Crippen LogP contribution in [0.1, 0.15) is 18.2 Å². The van der Waals surface area contributed by atoms with Crippen molar-refractivity contribution < 1.29 is 4.79 Å². The van der Waals surface area contributed by atoms with E-state index >= 15 is 0 Å². The van der Waals surface area contributed by atoms with E-state index in [-0.39, 0.29) is 12.3 Å². The quantitative estimate of drug-likeness (QED) is 0.603. The zero-order valence-electron chi connectivity index (χ0n) is 7.65. The Morgan fingerprint density at radius 2 is 2.57 bits per heavy atom. The molecule has 0 aliphatic carbocycles. The minimum absolute atomic E-state index is 0.165. The number of nitrogens with zero attached hydrogens (tertiary/aromatic N) is 2. The summed E-state index contributed by atoms with van der Waals surface area (Å²) in [5.41, 5.74) is 3.05. The molecule has 0 aromatic carbocycles. The third kappa shape index (κ3) is 2.99. The van der Waals surface area contributed by atoms with E-state index in [4.69, 9.17) is 5.26 Å². The molecule has 0 aliphatic heterocycles. The van der Waals surface area contributed by atoms with E-state index in [0.29, 0.717) is 0 Å². The number of carbonyl (C=O) groups excluding carboxylic acids is 1. The maximum Gasteiger partial charge on any atom is 0.254 e. The molecule has 14 heavy (non-hydrogen) atoms. The molecule has 1 aromatic rings. The summed E-state index contributed by atoms with van der Waals surface area (Å²) in [6.07, 6.45) is -0.165. The SMILES string of the molecule is C/C(=N\NC(=O)CC#N)c1cccs1. The van der Waals surface area contributed by atoms with Crippen LogP contribution in [0.2, 0.25) is 0 Å². The van der Waals surface area contributed by atoms with Gasteiger partial charge in [-0.1, -0.05) is 6.07 Å². The van der Waals surface area contributed by atoms with Crippen molar-refractivity contribution in [2.24, 2.45) is 5.10 Å². The van der Waals surface area contributed by atoms with Gasteiger partial charge in [0.1, 0.15) is 6.42 Å². The molecular weight excluding hydrogens is 198 g/mol. The molecule has 0 spiro atoms. The summed E-state index contributed by atoms with van der Waals surface area (Å²) in [6, 6.07) is 5.58. The predicted octanol–water partition coefficient (Wildman–Crippen LogP) is 1.50. The van der Waals surface area contributed by atoms with E-state index < -0.39 is 0 Å². The second-order valence-corrected chi connectivity index (χ2v) is 3.49. The van der Waals surface area contributed by atoms with Crippen molar-refractivity contribution in [3.63, 3.8) is 0 Å². The van der Waals surface area contributed by atoms with Gasteiger partial charge in [0.05, 0.1) is 11.8 Å². The maximum absolute atomic E-state index is 10.9.